The van der Waals surface area contributed by atoms with Crippen LogP contribution in [0.1, 0.15) is 24.1 Å². The van der Waals surface area contributed by atoms with Crippen LogP contribution in [0.15, 0.2) is 40.9 Å². The standard InChI is InChI=1S/C15H14BrClFNO/c1-9(19)12-6-5-11(16)7-14(12)20-8-10-3-2-4-13(18)15(10)17/h2-7,9H,8,19H2,1H3. The van der Waals surface area contributed by atoms with Gasteiger partial charge in [0.15, 0.2) is 0 Å². The molecule has 0 aliphatic rings. The summed E-state index contributed by atoms with van der Waals surface area (Å²) in [7, 11) is 0. The van der Waals surface area contributed by atoms with Gasteiger partial charge in [0.25, 0.3) is 0 Å². The van der Waals surface area contributed by atoms with E-state index in [1.54, 1.807) is 12.1 Å². The number of nitrogens with two attached hydrogens (primary N) is 1. The van der Waals surface area contributed by atoms with Gasteiger partial charge in [-0.1, -0.05) is 45.7 Å². The Labute approximate surface area is 130 Å². The molecule has 0 radical (unpaired) electrons. The summed E-state index contributed by atoms with van der Waals surface area (Å²) in [5, 5.41) is 0.0878. The third kappa shape index (κ3) is 3.51. The van der Waals surface area contributed by atoms with Crippen LogP contribution in [0.25, 0.3) is 0 Å². The highest BCUT2D eigenvalue weighted by Crippen LogP contribution is 2.29. The van der Waals surface area contributed by atoms with Gasteiger partial charge in [0.2, 0.25) is 0 Å². The van der Waals surface area contributed by atoms with Crippen molar-refractivity contribution in [2.75, 3.05) is 0 Å². The number of benzene rings is 2. The first kappa shape index (κ1) is 15.3. The molecule has 0 amide bonds. The Balaban J connectivity index is 2.22. The molecular weight excluding hydrogens is 345 g/mol. The Morgan fingerprint density at radius 2 is 2.10 bits per heavy atom. The first-order valence-corrected chi connectivity index (χ1v) is 7.27. The van der Waals surface area contributed by atoms with Crippen LogP contribution < -0.4 is 10.5 Å². The summed E-state index contributed by atoms with van der Waals surface area (Å²) >= 11 is 9.29. The smallest absolute Gasteiger partial charge is 0.142 e. The molecule has 2 N–H and O–H groups in total. The van der Waals surface area contributed by atoms with E-state index in [9.17, 15) is 4.39 Å². The summed E-state index contributed by atoms with van der Waals surface area (Å²) in [6, 6.07) is 10.1. The summed E-state index contributed by atoms with van der Waals surface area (Å²) in [5.41, 5.74) is 7.40. The minimum atomic E-state index is -0.450. The third-order valence-electron chi connectivity index (χ3n) is 2.88. The molecule has 2 aromatic carbocycles. The van der Waals surface area contributed by atoms with Gasteiger partial charge < -0.3 is 10.5 Å². The molecule has 0 heterocycles. The van der Waals surface area contributed by atoms with E-state index in [4.69, 9.17) is 22.1 Å². The zero-order chi connectivity index (χ0) is 14.7. The van der Waals surface area contributed by atoms with E-state index in [1.165, 1.54) is 6.07 Å². The fourth-order valence-corrected chi connectivity index (χ4v) is 2.35. The van der Waals surface area contributed by atoms with Crippen molar-refractivity contribution in [1.29, 1.82) is 0 Å². The van der Waals surface area contributed by atoms with Gasteiger partial charge in [0.05, 0.1) is 5.02 Å². The van der Waals surface area contributed by atoms with Crippen LogP contribution in [0.3, 0.4) is 0 Å². The largest absolute Gasteiger partial charge is 0.488 e. The predicted octanol–water partition coefficient (Wildman–Crippen LogP) is 4.84. The van der Waals surface area contributed by atoms with Crippen LogP contribution >= 0.6 is 27.5 Å². The zero-order valence-corrected chi connectivity index (χ0v) is 13.2. The lowest BCUT2D eigenvalue weighted by Crippen LogP contribution is -2.08. The van der Waals surface area contributed by atoms with Crippen LogP contribution in [-0.4, -0.2) is 0 Å². The lowest BCUT2D eigenvalue weighted by atomic mass is 10.1. The van der Waals surface area contributed by atoms with Crippen molar-refractivity contribution in [1.82, 2.24) is 0 Å². The molecule has 2 aromatic rings. The van der Waals surface area contributed by atoms with Crippen molar-refractivity contribution in [2.24, 2.45) is 5.73 Å². The van der Waals surface area contributed by atoms with E-state index in [-0.39, 0.29) is 17.7 Å². The van der Waals surface area contributed by atoms with Gasteiger partial charge in [0, 0.05) is 21.6 Å². The molecule has 0 saturated carbocycles. The van der Waals surface area contributed by atoms with Gasteiger partial charge >= 0.3 is 0 Å². The molecule has 2 rings (SSSR count). The maximum atomic E-state index is 13.4. The molecule has 2 nitrogen and oxygen atoms in total. The van der Waals surface area contributed by atoms with Gasteiger partial charge in [0.1, 0.15) is 18.2 Å². The Hall–Kier alpha value is -1.10. The Kier molecular flexibility index (Phi) is 5.02. The SMILES string of the molecule is CC(N)c1ccc(Br)cc1OCc1cccc(F)c1Cl. The lowest BCUT2D eigenvalue weighted by molar-refractivity contribution is 0.301. The minimum absolute atomic E-state index is 0.0878. The van der Waals surface area contributed by atoms with Crippen molar-refractivity contribution in [3.8, 4) is 5.75 Å². The summed E-state index contributed by atoms with van der Waals surface area (Å²) in [6.45, 7) is 2.07. The summed E-state index contributed by atoms with van der Waals surface area (Å²) in [4.78, 5) is 0. The van der Waals surface area contributed by atoms with Crippen LogP contribution in [-0.2, 0) is 6.61 Å². The number of rotatable bonds is 4. The van der Waals surface area contributed by atoms with Gasteiger partial charge in [-0.2, -0.15) is 0 Å². The normalized spacial score (nSPS) is 12.2. The van der Waals surface area contributed by atoms with Crippen LogP contribution in [0, 0.1) is 5.82 Å². The average Bonchev–Trinajstić information content (AvgIpc) is 2.40. The quantitative estimate of drug-likeness (QED) is 0.848. The van der Waals surface area contributed by atoms with E-state index >= 15 is 0 Å². The summed E-state index contributed by atoms with van der Waals surface area (Å²) in [6.07, 6.45) is 0. The molecule has 0 bridgehead atoms. The van der Waals surface area contributed by atoms with Crippen LogP contribution in [0.4, 0.5) is 4.39 Å². The van der Waals surface area contributed by atoms with Crippen molar-refractivity contribution in [3.05, 3.63) is 62.8 Å². The Morgan fingerprint density at radius 1 is 1.35 bits per heavy atom. The maximum absolute atomic E-state index is 13.4. The van der Waals surface area contributed by atoms with Crippen molar-refractivity contribution in [3.63, 3.8) is 0 Å². The first-order valence-electron chi connectivity index (χ1n) is 6.09. The number of hydrogen-bond acceptors (Lipinski definition) is 2. The van der Waals surface area contributed by atoms with Gasteiger partial charge in [-0.3, -0.25) is 0 Å². The minimum Gasteiger partial charge on any atom is -0.488 e. The highest BCUT2D eigenvalue weighted by atomic mass is 79.9. The molecule has 0 aromatic heterocycles. The van der Waals surface area contributed by atoms with Crippen molar-refractivity contribution < 1.29 is 9.13 Å². The Bertz CT molecular complexity index is 619. The molecule has 20 heavy (non-hydrogen) atoms. The lowest BCUT2D eigenvalue weighted by Gasteiger charge is -2.15. The van der Waals surface area contributed by atoms with Crippen molar-refractivity contribution >= 4 is 27.5 Å². The van der Waals surface area contributed by atoms with E-state index in [2.05, 4.69) is 15.9 Å². The predicted molar refractivity (Wildman–Crippen MR) is 82.5 cm³/mol. The second-order valence-corrected chi connectivity index (χ2v) is 5.77. The molecule has 0 aliphatic carbocycles. The molecule has 0 spiro atoms. The van der Waals surface area contributed by atoms with E-state index in [0.717, 1.165) is 10.0 Å². The topological polar surface area (TPSA) is 35.2 Å². The number of ether oxygens (including phenoxy) is 1. The van der Waals surface area contributed by atoms with Crippen molar-refractivity contribution in [2.45, 2.75) is 19.6 Å². The fourth-order valence-electron chi connectivity index (χ4n) is 1.82. The van der Waals surface area contributed by atoms with Gasteiger partial charge in [-0.25, -0.2) is 4.39 Å². The average molecular weight is 359 g/mol. The van der Waals surface area contributed by atoms with Crippen LogP contribution in [0.5, 0.6) is 5.75 Å². The second kappa shape index (κ2) is 6.57. The van der Waals surface area contributed by atoms with E-state index in [0.29, 0.717) is 11.3 Å². The molecule has 106 valence electrons. The molecule has 1 atom stereocenters. The fraction of sp³-hybridized carbons (Fsp3) is 0.200. The molecule has 0 aliphatic heterocycles. The molecule has 0 saturated heterocycles. The molecular formula is C15H14BrClFNO. The summed E-state index contributed by atoms with van der Waals surface area (Å²) in [5.74, 6) is 0.212. The zero-order valence-electron chi connectivity index (χ0n) is 10.9. The van der Waals surface area contributed by atoms with E-state index in [1.807, 2.05) is 25.1 Å². The van der Waals surface area contributed by atoms with Gasteiger partial charge in [-0.15, -0.1) is 0 Å². The highest BCUT2D eigenvalue weighted by Gasteiger charge is 2.11. The second-order valence-electron chi connectivity index (χ2n) is 4.47. The highest BCUT2D eigenvalue weighted by molar-refractivity contribution is 9.10. The molecule has 1 unspecified atom stereocenters. The molecule has 5 heteroatoms. The summed E-state index contributed by atoms with van der Waals surface area (Å²) < 4.78 is 20.0. The molecule has 0 fully saturated rings. The van der Waals surface area contributed by atoms with Crippen LogP contribution in [0.2, 0.25) is 5.02 Å². The number of hydrogen-bond donors (Lipinski definition) is 1. The maximum Gasteiger partial charge on any atom is 0.142 e. The monoisotopic (exact) mass is 357 g/mol. The Morgan fingerprint density at radius 3 is 2.80 bits per heavy atom. The van der Waals surface area contributed by atoms with Gasteiger partial charge in [-0.05, 0) is 25.1 Å². The first-order chi connectivity index (χ1) is 9.49. The number of halogens is 3. The third-order valence-corrected chi connectivity index (χ3v) is 3.80. The van der Waals surface area contributed by atoms with E-state index < -0.39 is 5.82 Å².